The molecule has 0 bridgehead atoms. The standard InChI is InChI=1S/C11H15NOS/c1-2-8-3-4-10-11(5-8)14-7-9(6-13)12-10/h3-5,9,12-13H,2,6-7H2,1H3. The van der Waals surface area contributed by atoms with Gasteiger partial charge in [0.05, 0.1) is 12.6 Å². The molecule has 1 aliphatic rings. The summed E-state index contributed by atoms with van der Waals surface area (Å²) in [6.45, 7) is 2.38. The zero-order valence-electron chi connectivity index (χ0n) is 8.29. The van der Waals surface area contributed by atoms with E-state index in [1.807, 2.05) is 11.8 Å². The molecule has 0 saturated heterocycles. The van der Waals surface area contributed by atoms with Crippen molar-refractivity contribution in [2.75, 3.05) is 17.7 Å². The number of hydrogen-bond acceptors (Lipinski definition) is 3. The van der Waals surface area contributed by atoms with Crippen LogP contribution in [-0.4, -0.2) is 23.5 Å². The van der Waals surface area contributed by atoms with Crippen LogP contribution in [0.3, 0.4) is 0 Å². The van der Waals surface area contributed by atoms with Crippen molar-refractivity contribution in [3.8, 4) is 0 Å². The Balaban J connectivity index is 2.23. The van der Waals surface area contributed by atoms with Gasteiger partial charge in [-0.25, -0.2) is 0 Å². The molecular formula is C11H15NOS. The van der Waals surface area contributed by atoms with Crippen molar-refractivity contribution in [1.82, 2.24) is 0 Å². The maximum absolute atomic E-state index is 9.04. The van der Waals surface area contributed by atoms with Crippen molar-refractivity contribution in [1.29, 1.82) is 0 Å². The fraction of sp³-hybridized carbons (Fsp3) is 0.455. The molecule has 1 aliphatic heterocycles. The van der Waals surface area contributed by atoms with Crippen molar-refractivity contribution in [3.63, 3.8) is 0 Å². The van der Waals surface area contributed by atoms with Crippen LogP contribution in [0.15, 0.2) is 23.1 Å². The predicted molar refractivity (Wildman–Crippen MR) is 61.0 cm³/mol. The Morgan fingerprint density at radius 2 is 2.43 bits per heavy atom. The maximum Gasteiger partial charge on any atom is 0.0641 e. The van der Waals surface area contributed by atoms with Gasteiger partial charge in [0.1, 0.15) is 0 Å². The van der Waals surface area contributed by atoms with E-state index in [0.29, 0.717) is 0 Å². The third-order valence-electron chi connectivity index (χ3n) is 2.47. The zero-order chi connectivity index (χ0) is 9.97. The van der Waals surface area contributed by atoms with Gasteiger partial charge in [0.25, 0.3) is 0 Å². The fourth-order valence-corrected chi connectivity index (χ4v) is 2.66. The van der Waals surface area contributed by atoms with Gasteiger partial charge in [-0.2, -0.15) is 0 Å². The van der Waals surface area contributed by atoms with Crippen LogP contribution in [0.5, 0.6) is 0 Å². The molecule has 0 saturated carbocycles. The normalized spacial score (nSPS) is 20.0. The van der Waals surface area contributed by atoms with E-state index in [0.717, 1.165) is 17.9 Å². The number of thioether (sulfide) groups is 1. The van der Waals surface area contributed by atoms with Crippen molar-refractivity contribution in [2.24, 2.45) is 0 Å². The van der Waals surface area contributed by atoms with Gasteiger partial charge in [-0.3, -0.25) is 0 Å². The van der Waals surface area contributed by atoms with E-state index in [9.17, 15) is 0 Å². The Bertz CT molecular complexity index is 327. The highest BCUT2D eigenvalue weighted by atomic mass is 32.2. The minimum Gasteiger partial charge on any atom is -0.394 e. The topological polar surface area (TPSA) is 32.3 Å². The van der Waals surface area contributed by atoms with Gasteiger partial charge >= 0.3 is 0 Å². The molecule has 1 unspecified atom stereocenters. The first-order valence-corrected chi connectivity index (χ1v) is 5.95. The number of aliphatic hydroxyl groups excluding tert-OH is 1. The van der Waals surface area contributed by atoms with Crippen LogP contribution in [0.4, 0.5) is 5.69 Å². The van der Waals surface area contributed by atoms with Gasteiger partial charge < -0.3 is 10.4 Å². The van der Waals surface area contributed by atoms with Gasteiger partial charge in [0.2, 0.25) is 0 Å². The number of rotatable bonds is 2. The third kappa shape index (κ3) is 1.88. The molecule has 0 aliphatic carbocycles. The van der Waals surface area contributed by atoms with E-state index in [1.54, 1.807) is 0 Å². The first-order valence-electron chi connectivity index (χ1n) is 4.96. The molecule has 2 rings (SSSR count). The molecule has 1 heterocycles. The number of fused-ring (bicyclic) bond motifs is 1. The largest absolute Gasteiger partial charge is 0.394 e. The summed E-state index contributed by atoms with van der Waals surface area (Å²) in [6.07, 6.45) is 1.08. The van der Waals surface area contributed by atoms with Crippen LogP contribution < -0.4 is 5.32 Å². The Morgan fingerprint density at radius 3 is 3.14 bits per heavy atom. The number of aliphatic hydroxyl groups is 1. The van der Waals surface area contributed by atoms with Gasteiger partial charge in [0.15, 0.2) is 0 Å². The molecule has 14 heavy (non-hydrogen) atoms. The number of hydrogen-bond donors (Lipinski definition) is 2. The van der Waals surface area contributed by atoms with E-state index in [1.165, 1.54) is 10.5 Å². The van der Waals surface area contributed by atoms with Crippen molar-refractivity contribution in [2.45, 2.75) is 24.3 Å². The minimum absolute atomic E-state index is 0.208. The smallest absolute Gasteiger partial charge is 0.0641 e. The predicted octanol–water partition coefficient (Wildman–Crippen LogP) is 2.13. The fourth-order valence-electron chi connectivity index (χ4n) is 1.58. The third-order valence-corrected chi connectivity index (χ3v) is 3.69. The Hall–Kier alpha value is -0.670. The van der Waals surface area contributed by atoms with Crippen LogP contribution in [0.2, 0.25) is 0 Å². The molecule has 0 radical (unpaired) electrons. The summed E-state index contributed by atoms with van der Waals surface area (Å²) in [5.41, 5.74) is 2.54. The lowest BCUT2D eigenvalue weighted by Gasteiger charge is -2.25. The lowest BCUT2D eigenvalue weighted by molar-refractivity contribution is 0.282. The molecule has 2 nitrogen and oxygen atoms in total. The lowest BCUT2D eigenvalue weighted by atomic mass is 10.1. The summed E-state index contributed by atoms with van der Waals surface area (Å²) >= 11 is 1.83. The number of anilines is 1. The highest BCUT2D eigenvalue weighted by Gasteiger charge is 2.16. The van der Waals surface area contributed by atoms with E-state index < -0.39 is 0 Å². The van der Waals surface area contributed by atoms with Crippen molar-refractivity contribution < 1.29 is 5.11 Å². The first kappa shape index (κ1) is 9.87. The van der Waals surface area contributed by atoms with E-state index in [2.05, 4.69) is 30.4 Å². The molecule has 0 spiro atoms. The Morgan fingerprint density at radius 1 is 1.57 bits per heavy atom. The first-order chi connectivity index (χ1) is 6.83. The Kier molecular flexibility index (Phi) is 2.99. The van der Waals surface area contributed by atoms with E-state index >= 15 is 0 Å². The highest BCUT2D eigenvalue weighted by molar-refractivity contribution is 7.99. The molecule has 0 fully saturated rings. The number of benzene rings is 1. The van der Waals surface area contributed by atoms with Gasteiger partial charge in [-0.1, -0.05) is 13.0 Å². The Labute approximate surface area is 88.7 Å². The summed E-state index contributed by atoms with van der Waals surface area (Å²) < 4.78 is 0. The van der Waals surface area contributed by atoms with Crippen LogP contribution >= 0.6 is 11.8 Å². The van der Waals surface area contributed by atoms with Crippen LogP contribution in [0.25, 0.3) is 0 Å². The zero-order valence-corrected chi connectivity index (χ0v) is 9.10. The van der Waals surface area contributed by atoms with Crippen molar-refractivity contribution in [3.05, 3.63) is 23.8 Å². The molecule has 0 amide bonds. The van der Waals surface area contributed by atoms with Crippen LogP contribution in [0, 0.1) is 0 Å². The van der Waals surface area contributed by atoms with Crippen LogP contribution in [-0.2, 0) is 6.42 Å². The highest BCUT2D eigenvalue weighted by Crippen LogP contribution is 2.33. The summed E-state index contributed by atoms with van der Waals surface area (Å²) in [5, 5.41) is 12.4. The number of aryl methyl sites for hydroxylation is 1. The van der Waals surface area contributed by atoms with E-state index in [4.69, 9.17) is 5.11 Å². The summed E-state index contributed by atoms with van der Waals surface area (Å²) in [7, 11) is 0. The van der Waals surface area contributed by atoms with E-state index in [-0.39, 0.29) is 12.6 Å². The molecule has 1 atom stereocenters. The molecular weight excluding hydrogens is 194 g/mol. The SMILES string of the molecule is CCc1ccc2c(c1)SCC(CO)N2. The summed E-state index contributed by atoms with van der Waals surface area (Å²) in [6, 6.07) is 6.70. The second-order valence-electron chi connectivity index (χ2n) is 3.52. The second-order valence-corrected chi connectivity index (χ2v) is 4.58. The number of nitrogens with one attached hydrogen (secondary N) is 1. The lowest BCUT2D eigenvalue weighted by Crippen LogP contribution is -2.29. The molecule has 3 heteroatoms. The van der Waals surface area contributed by atoms with Crippen molar-refractivity contribution >= 4 is 17.4 Å². The molecule has 76 valence electrons. The maximum atomic E-state index is 9.04. The molecule has 2 N–H and O–H groups in total. The summed E-state index contributed by atoms with van der Waals surface area (Å²) in [5.74, 6) is 0.955. The van der Waals surface area contributed by atoms with Gasteiger partial charge in [-0.05, 0) is 24.1 Å². The van der Waals surface area contributed by atoms with Gasteiger partial charge in [-0.15, -0.1) is 11.8 Å². The summed E-state index contributed by atoms with van der Waals surface area (Å²) in [4.78, 5) is 1.31. The average Bonchev–Trinajstić information content (AvgIpc) is 2.27. The van der Waals surface area contributed by atoms with Crippen LogP contribution in [0.1, 0.15) is 12.5 Å². The average molecular weight is 209 g/mol. The molecule has 0 aromatic heterocycles. The minimum atomic E-state index is 0.208. The molecule has 1 aromatic rings. The molecule has 1 aromatic carbocycles. The monoisotopic (exact) mass is 209 g/mol. The second kappa shape index (κ2) is 4.24. The quantitative estimate of drug-likeness (QED) is 0.782. The van der Waals surface area contributed by atoms with Gasteiger partial charge in [0, 0.05) is 16.3 Å².